The summed E-state index contributed by atoms with van der Waals surface area (Å²) in [5, 5.41) is 5.47. The fourth-order valence-corrected chi connectivity index (χ4v) is 3.09. The minimum atomic E-state index is 0.744. The number of hydrogen-bond acceptors (Lipinski definition) is 4. The number of nitrogens with one attached hydrogen (secondary N) is 1. The molecule has 2 heterocycles. The maximum atomic E-state index is 5.23. The monoisotopic (exact) mass is 326 g/mol. The maximum absolute atomic E-state index is 5.23. The highest BCUT2D eigenvalue weighted by molar-refractivity contribution is 9.10. The van der Waals surface area contributed by atoms with E-state index in [1.807, 2.05) is 19.1 Å². The van der Waals surface area contributed by atoms with Crippen molar-refractivity contribution in [2.45, 2.75) is 20.0 Å². The van der Waals surface area contributed by atoms with E-state index in [1.165, 1.54) is 4.88 Å². The molecule has 0 radical (unpaired) electrons. The first-order valence-electron chi connectivity index (χ1n) is 5.62. The molecule has 0 spiro atoms. The van der Waals surface area contributed by atoms with Gasteiger partial charge in [-0.15, -0.1) is 11.3 Å². The lowest BCUT2D eigenvalue weighted by Gasteiger charge is -2.06. The predicted molar refractivity (Wildman–Crippen MR) is 78.1 cm³/mol. The Kier molecular flexibility index (Phi) is 4.74. The van der Waals surface area contributed by atoms with Gasteiger partial charge in [-0.05, 0) is 28.9 Å². The second-order valence-corrected chi connectivity index (χ2v) is 5.89. The zero-order valence-corrected chi connectivity index (χ0v) is 12.8. The number of aromatic nitrogens is 1. The molecule has 5 heteroatoms. The molecule has 0 saturated carbocycles. The van der Waals surface area contributed by atoms with Gasteiger partial charge in [0.15, 0.2) is 0 Å². The van der Waals surface area contributed by atoms with E-state index in [4.69, 9.17) is 4.74 Å². The number of pyridine rings is 1. The number of thiophene rings is 1. The fourth-order valence-electron chi connectivity index (χ4n) is 1.67. The highest BCUT2D eigenvalue weighted by Gasteiger charge is 2.01. The topological polar surface area (TPSA) is 34.1 Å². The summed E-state index contributed by atoms with van der Waals surface area (Å²) in [6.45, 7) is 3.57. The van der Waals surface area contributed by atoms with Gasteiger partial charge >= 0.3 is 0 Å². The van der Waals surface area contributed by atoms with E-state index < -0.39 is 0 Å². The molecule has 2 aromatic rings. The van der Waals surface area contributed by atoms with Gasteiger partial charge in [0, 0.05) is 45.6 Å². The molecule has 0 bridgehead atoms. The zero-order chi connectivity index (χ0) is 13.0. The van der Waals surface area contributed by atoms with Crippen molar-refractivity contribution in [2.24, 2.45) is 0 Å². The standard InChI is InChI=1S/C13H15BrN2OS/c1-9-3-12(17-2)5-11(16-9)6-15-7-13-4-10(14)8-18-13/h3-5,8,15H,6-7H2,1-2H3. The molecular weight excluding hydrogens is 312 g/mol. The van der Waals surface area contributed by atoms with Crippen molar-refractivity contribution in [1.82, 2.24) is 10.3 Å². The zero-order valence-electron chi connectivity index (χ0n) is 10.4. The van der Waals surface area contributed by atoms with E-state index in [0.29, 0.717) is 0 Å². The van der Waals surface area contributed by atoms with E-state index in [2.05, 4.69) is 37.7 Å². The summed E-state index contributed by atoms with van der Waals surface area (Å²) in [4.78, 5) is 5.78. The van der Waals surface area contributed by atoms with Gasteiger partial charge in [0.2, 0.25) is 0 Å². The van der Waals surface area contributed by atoms with Crippen LogP contribution in [0.1, 0.15) is 16.3 Å². The van der Waals surface area contributed by atoms with Gasteiger partial charge in [-0.1, -0.05) is 0 Å². The van der Waals surface area contributed by atoms with E-state index >= 15 is 0 Å². The van der Waals surface area contributed by atoms with E-state index in [9.17, 15) is 0 Å². The Balaban J connectivity index is 1.91. The van der Waals surface area contributed by atoms with Crippen LogP contribution in [-0.4, -0.2) is 12.1 Å². The van der Waals surface area contributed by atoms with Crippen LogP contribution in [0.5, 0.6) is 5.75 Å². The number of methoxy groups -OCH3 is 1. The van der Waals surface area contributed by atoms with Crippen LogP contribution in [0.4, 0.5) is 0 Å². The van der Waals surface area contributed by atoms with Gasteiger partial charge in [0.25, 0.3) is 0 Å². The molecule has 96 valence electrons. The lowest BCUT2D eigenvalue weighted by atomic mass is 10.3. The third-order valence-electron chi connectivity index (χ3n) is 2.44. The van der Waals surface area contributed by atoms with Gasteiger partial charge in [-0.2, -0.15) is 0 Å². The van der Waals surface area contributed by atoms with E-state index in [-0.39, 0.29) is 0 Å². The highest BCUT2D eigenvalue weighted by Crippen LogP contribution is 2.19. The molecule has 1 N–H and O–H groups in total. The van der Waals surface area contributed by atoms with Crippen LogP contribution in [0.2, 0.25) is 0 Å². The number of ether oxygens (including phenoxy) is 1. The number of halogens is 1. The summed E-state index contributed by atoms with van der Waals surface area (Å²) in [6.07, 6.45) is 0. The first kappa shape index (κ1) is 13.5. The first-order chi connectivity index (χ1) is 8.67. The molecule has 0 aromatic carbocycles. The Morgan fingerprint density at radius 1 is 1.33 bits per heavy atom. The van der Waals surface area contributed by atoms with Gasteiger partial charge in [-0.3, -0.25) is 4.98 Å². The van der Waals surface area contributed by atoms with Crippen molar-refractivity contribution in [3.63, 3.8) is 0 Å². The SMILES string of the molecule is COc1cc(C)nc(CNCc2cc(Br)cs2)c1. The van der Waals surface area contributed by atoms with Crippen molar-refractivity contribution >= 4 is 27.3 Å². The van der Waals surface area contributed by atoms with Crippen LogP contribution in [0, 0.1) is 6.92 Å². The summed E-state index contributed by atoms with van der Waals surface area (Å²) in [5.41, 5.74) is 1.98. The smallest absolute Gasteiger partial charge is 0.122 e. The Hall–Kier alpha value is -0.910. The minimum Gasteiger partial charge on any atom is -0.497 e. The maximum Gasteiger partial charge on any atom is 0.122 e. The molecule has 3 nitrogen and oxygen atoms in total. The second kappa shape index (κ2) is 6.31. The molecule has 0 saturated heterocycles. The average molecular weight is 327 g/mol. The van der Waals surface area contributed by atoms with E-state index in [1.54, 1.807) is 18.4 Å². The molecule has 0 aliphatic heterocycles. The van der Waals surface area contributed by atoms with Crippen LogP contribution in [0.3, 0.4) is 0 Å². The lowest BCUT2D eigenvalue weighted by molar-refractivity contribution is 0.412. The highest BCUT2D eigenvalue weighted by atomic mass is 79.9. The quantitative estimate of drug-likeness (QED) is 0.912. The third-order valence-corrected chi connectivity index (χ3v) is 4.14. The molecule has 2 rings (SSSR count). The van der Waals surface area contributed by atoms with Crippen molar-refractivity contribution < 1.29 is 4.74 Å². The summed E-state index contributed by atoms with van der Waals surface area (Å²) >= 11 is 5.19. The van der Waals surface area contributed by atoms with Crippen LogP contribution in [0.15, 0.2) is 28.1 Å². The van der Waals surface area contributed by atoms with Crippen LogP contribution >= 0.6 is 27.3 Å². The molecule has 18 heavy (non-hydrogen) atoms. The van der Waals surface area contributed by atoms with Gasteiger partial charge in [0.1, 0.15) is 5.75 Å². The Morgan fingerprint density at radius 2 is 2.17 bits per heavy atom. The summed E-state index contributed by atoms with van der Waals surface area (Å²) in [6, 6.07) is 6.02. The van der Waals surface area contributed by atoms with Gasteiger partial charge in [-0.25, -0.2) is 0 Å². The van der Waals surface area contributed by atoms with Gasteiger partial charge < -0.3 is 10.1 Å². The van der Waals surface area contributed by atoms with Crippen LogP contribution in [-0.2, 0) is 13.1 Å². The largest absolute Gasteiger partial charge is 0.497 e. The molecule has 0 unspecified atom stereocenters. The minimum absolute atomic E-state index is 0.744. The Bertz CT molecular complexity index is 527. The molecular formula is C13H15BrN2OS. The molecule has 0 fully saturated rings. The average Bonchev–Trinajstić information content (AvgIpc) is 2.74. The van der Waals surface area contributed by atoms with Crippen molar-refractivity contribution in [3.05, 3.63) is 44.3 Å². The molecule has 0 aliphatic carbocycles. The number of hydrogen-bond donors (Lipinski definition) is 1. The van der Waals surface area contributed by atoms with Crippen LogP contribution < -0.4 is 10.1 Å². The summed E-state index contributed by atoms with van der Waals surface area (Å²) in [7, 11) is 1.68. The first-order valence-corrected chi connectivity index (χ1v) is 7.30. The third kappa shape index (κ3) is 3.80. The number of nitrogens with zero attached hydrogens (tertiary/aromatic N) is 1. The van der Waals surface area contributed by atoms with Crippen molar-refractivity contribution in [1.29, 1.82) is 0 Å². The molecule has 0 amide bonds. The number of rotatable bonds is 5. The Morgan fingerprint density at radius 3 is 2.83 bits per heavy atom. The van der Waals surface area contributed by atoms with Crippen molar-refractivity contribution in [2.75, 3.05) is 7.11 Å². The van der Waals surface area contributed by atoms with Crippen LogP contribution in [0.25, 0.3) is 0 Å². The van der Waals surface area contributed by atoms with Crippen molar-refractivity contribution in [3.8, 4) is 5.75 Å². The molecule has 0 aliphatic rings. The normalized spacial score (nSPS) is 10.6. The number of aryl methyl sites for hydroxylation is 1. The second-order valence-electron chi connectivity index (χ2n) is 3.97. The Labute approximate surface area is 119 Å². The summed E-state index contributed by atoms with van der Waals surface area (Å²) in [5.74, 6) is 0.859. The fraction of sp³-hybridized carbons (Fsp3) is 0.308. The van der Waals surface area contributed by atoms with E-state index in [0.717, 1.165) is 34.7 Å². The summed E-state index contributed by atoms with van der Waals surface area (Å²) < 4.78 is 6.37. The van der Waals surface area contributed by atoms with Gasteiger partial charge in [0.05, 0.1) is 12.8 Å². The predicted octanol–water partition coefficient (Wildman–Crippen LogP) is 3.51. The molecule has 0 atom stereocenters. The molecule has 2 aromatic heterocycles. The lowest BCUT2D eigenvalue weighted by Crippen LogP contribution is -2.13.